The van der Waals surface area contributed by atoms with Crippen molar-refractivity contribution >= 4 is 27.5 Å². The predicted octanol–water partition coefficient (Wildman–Crippen LogP) is 3.65. The number of aryl methyl sites for hydroxylation is 2. The Kier molecular flexibility index (Phi) is 6.36. The van der Waals surface area contributed by atoms with Crippen LogP contribution in [0.2, 0.25) is 5.02 Å². The molecule has 29 heavy (non-hydrogen) atoms. The third-order valence-electron chi connectivity index (χ3n) is 5.79. The van der Waals surface area contributed by atoms with Crippen LogP contribution in [0, 0.1) is 27.7 Å². The number of piperazine rings is 1. The molecule has 1 heterocycles. The molecule has 2 aromatic rings. The normalized spacial score (nSPS) is 15.6. The van der Waals surface area contributed by atoms with Gasteiger partial charge in [-0.3, -0.25) is 4.79 Å². The molecule has 1 saturated heterocycles. The number of benzene rings is 2. The first-order chi connectivity index (χ1) is 13.6. The minimum atomic E-state index is -3.61. The van der Waals surface area contributed by atoms with Crippen molar-refractivity contribution in [2.75, 3.05) is 26.2 Å². The van der Waals surface area contributed by atoms with Gasteiger partial charge in [-0.25, -0.2) is 8.42 Å². The number of rotatable bonds is 4. The molecule has 0 radical (unpaired) electrons. The van der Waals surface area contributed by atoms with Crippen LogP contribution >= 0.6 is 11.6 Å². The molecule has 0 N–H and O–H groups in total. The van der Waals surface area contributed by atoms with Gasteiger partial charge >= 0.3 is 0 Å². The van der Waals surface area contributed by atoms with Crippen LogP contribution in [0.25, 0.3) is 0 Å². The van der Waals surface area contributed by atoms with Crippen molar-refractivity contribution in [3.05, 3.63) is 63.2 Å². The molecule has 0 aliphatic carbocycles. The Labute approximate surface area is 178 Å². The van der Waals surface area contributed by atoms with E-state index in [1.54, 1.807) is 11.0 Å². The maximum atomic E-state index is 13.4. The van der Waals surface area contributed by atoms with Gasteiger partial charge in [-0.1, -0.05) is 35.9 Å². The maximum Gasteiger partial charge on any atom is 0.243 e. The molecule has 0 spiro atoms. The van der Waals surface area contributed by atoms with Gasteiger partial charge < -0.3 is 4.90 Å². The van der Waals surface area contributed by atoms with E-state index < -0.39 is 10.0 Å². The van der Waals surface area contributed by atoms with Gasteiger partial charge in [0.25, 0.3) is 0 Å². The van der Waals surface area contributed by atoms with Gasteiger partial charge in [0, 0.05) is 31.2 Å². The molecule has 156 valence electrons. The molecular weight excluding hydrogens is 408 g/mol. The lowest BCUT2D eigenvalue weighted by molar-refractivity contribution is -0.131. The van der Waals surface area contributed by atoms with Crippen LogP contribution in [0.4, 0.5) is 0 Å². The first kappa shape index (κ1) is 21.8. The molecule has 1 fully saturated rings. The van der Waals surface area contributed by atoms with Crippen LogP contribution < -0.4 is 0 Å². The monoisotopic (exact) mass is 434 g/mol. The van der Waals surface area contributed by atoms with Crippen molar-refractivity contribution in [2.24, 2.45) is 0 Å². The van der Waals surface area contributed by atoms with Crippen LogP contribution in [-0.4, -0.2) is 49.7 Å². The van der Waals surface area contributed by atoms with E-state index in [-0.39, 0.29) is 12.3 Å². The minimum absolute atomic E-state index is 0.0334. The SMILES string of the molecule is Cc1cc(C)c(C)c(S(=O)(=O)N2CCN(C(=O)Cc3ccccc3Cl)CC2)c1C. The quantitative estimate of drug-likeness (QED) is 0.738. The van der Waals surface area contributed by atoms with E-state index in [2.05, 4.69) is 0 Å². The van der Waals surface area contributed by atoms with Crippen molar-refractivity contribution in [1.29, 1.82) is 0 Å². The van der Waals surface area contributed by atoms with E-state index in [4.69, 9.17) is 11.6 Å². The highest BCUT2D eigenvalue weighted by molar-refractivity contribution is 7.89. The molecule has 1 amide bonds. The molecule has 1 aliphatic rings. The lowest BCUT2D eigenvalue weighted by Gasteiger charge is -2.35. The van der Waals surface area contributed by atoms with Crippen LogP contribution in [-0.2, 0) is 21.2 Å². The standard InChI is InChI=1S/C22H27ClN2O3S/c1-15-13-16(2)18(4)22(17(15)3)29(27,28)25-11-9-24(10-12-25)21(26)14-19-7-5-6-8-20(19)23/h5-8,13H,9-12,14H2,1-4H3. The first-order valence-electron chi connectivity index (χ1n) is 9.71. The average molecular weight is 435 g/mol. The van der Waals surface area contributed by atoms with E-state index in [0.29, 0.717) is 36.1 Å². The maximum absolute atomic E-state index is 13.4. The highest BCUT2D eigenvalue weighted by atomic mass is 35.5. The molecule has 1 aliphatic heterocycles. The smallest absolute Gasteiger partial charge is 0.243 e. The average Bonchev–Trinajstić information content (AvgIpc) is 2.68. The molecule has 2 aromatic carbocycles. The molecule has 0 bridgehead atoms. The van der Waals surface area contributed by atoms with Crippen molar-refractivity contribution in [1.82, 2.24) is 9.21 Å². The van der Waals surface area contributed by atoms with Gasteiger partial charge in [-0.2, -0.15) is 4.31 Å². The van der Waals surface area contributed by atoms with Crippen LogP contribution in [0.15, 0.2) is 35.2 Å². The van der Waals surface area contributed by atoms with Crippen molar-refractivity contribution in [3.8, 4) is 0 Å². The van der Waals surface area contributed by atoms with E-state index >= 15 is 0 Å². The number of nitrogens with zero attached hydrogens (tertiary/aromatic N) is 2. The topological polar surface area (TPSA) is 57.7 Å². The second-order valence-corrected chi connectivity index (χ2v) is 9.92. The lowest BCUT2D eigenvalue weighted by Crippen LogP contribution is -2.51. The molecule has 0 aromatic heterocycles. The van der Waals surface area contributed by atoms with Gasteiger partial charge in [-0.05, 0) is 61.6 Å². The van der Waals surface area contributed by atoms with E-state index in [9.17, 15) is 13.2 Å². The zero-order valence-electron chi connectivity index (χ0n) is 17.3. The van der Waals surface area contributed by atoms with Gasteiger partial charge in [0.05, 0.1) is 11.3 Å². The van der Waals surface area contributed by atoms with Gasteiger partial charge in [-0.15, -0.1) is 0 Å². The molecular formula is C22H27ClN2O3S. The Morgan fingerprint density at radius 2 is 1.52 bits per heavy atom. The van der Waals surface area contributed by atoms with Crippen LogP contribution in [0.1, 0.15) is 27.8 Å². The Morgan fingerprint density at radius 1 is 0.966 bits per heavy atom. The second-order valence-electron chi connectivity index (χ2n) is 7.64. The fourth-order valence-corrected chi connectivity index (χ4v) is 5.99. The van der Waals surface area contributed by atoms with E-state index in [1.165, 1.54) is 4.31 Å². The number of amides is 1. The third kappa shape index (κ3) is 4.34. The van der Waals surface area contributed by atoms with Crippen LogP contribution in [0.5, 0.6) is 0 Å². The fourth-order valence-electron chi connectivity index (χ4n) is 3.79. The summed E-state index contributed by atoms with van der Waals surface area (Å²) in [5.74, 6) is -0.0334. The summed E-state index contributed by atoms with van der Waals surface area (Å²) in [5, 5.41) is 0.572. The summed E-state index contributed by atoms with van der Waals surface area (Å²) in [4.78, 5) is 14.8. The Bertz CT molecular complexity index is 1020. The van der Waals surface area contributed by atoms with Gasteiger partial charge in [0.15, 0.2) is 0 Å². The number of carbonyl (C=O) groups is 1. The number of hydrogen-bond donors (Lipinski definition) is 0. The summed E-state index contributed by atoms with van der Waals surface area (Å²) in [6.07, 6.45) is 0.224. The van der Waals surface area contributed by atoms with Crippen molar-refractivity contribution < 1.29 is 13.2 Å². The second kappa shape index (κ2) is 8.46. The van der Waals surface area contributed by atoms with Gasteiger partial charge in [0.2, 0.25) is 15.9 Å². The van der Waals surface area contributed by atoms with Crippen molar-refractivity contribution in [2.45, 2.75) is 39.0 Å². The molecule has 0 atom stereocenters. The Hall–Kier alpha value is -1.89. The number of carbonyl (C=O) groups excluding carboxylic acids is 1. The molecule has 0 saturated carbocycles. The Morgan fingerprint density at radius 3 is 2.07 bits per heavy atom. The lowest BCUT2D eigenvalue weighted by atomic mass is 10.0. The Balaban J connectivity index is 1.74. The first-order valence-corrected chi connectivity index (χ1v) is 11.5. The van der Waals surface area contributed by atoms with Crippen LogP contribution in [0.3, 0.4) is 0 Å². The fraction of sp³-hybridized carbons (Fsp3) is 0.409. The summed E-state index contributed by atoms with van der Waals surface area (Å²) in [7, 11) is -3.61. The van der Waals surface area contributed by atoms with Gasteiger partial charge in [0.1, 0.15) is 0 Å². The largest absolute Gasteiger partial charge is 0.340 e. The molecule has 5 nitrogen and oxygen atoms in total. The minimum Gasteiger partial charge on any atom is -0.340 e. The number of hydrogen-bond acceptors (Lipinski definition) is 3. The summed E-state index contributed by atoms with van der Waals surface area (Å²) in [6, 6.07) is 9.31. The molecule has 7 heteroatoms. The van der Waals surface area contributed by atoms with E-state index in [0.717, 1.165) is 27.8 Å². The summed E-state index contributed by atoms with van der Waals surface area (Å²) < 4.78 is 28.2. The third-order valence-corrected chi connectivity index (χ3v) is 8.33. The zero-order valence-corrected chi connectivity index (χ0v) is 18.9. The van der Waals surface area contributed by atoms with E-state index in [1.807, 2.05) is 52.0 Å². The zero-order chi connectivity index (χ0) is 21.3. The highest BCUT2D eigenvalue weighted by Gasteiger charge is 2.32. The van der Waals surface area contributed by atoms with Crippen molar-refractivity contribution in [3.63, 3.8) is 0 Å². The number of sulfonamides is 1. The predicted molar refractivity (Wildman–Crippen MR) is 116 cm³/mol. The molecule has 3 rings (SSSR count). The number of halogens is 1. The summed E-state index contributed by atoms with van der Waals surface area (Å²) >= 11 is 6.15. The summed E-state index contributed by atoms with van der Waals surface area (Å²) in [5.41, 5.74) is 4.33. The molecule has 0 unspecified atom stereocenters. The highest BCUT2D eigenvalue weighted by Crippen LogP contribution is 2.29. The summed E-state index contributed by atoms with van der Waals surface area (Å²) in [6.45, 7) is 8.94.